The van der Waals surface area contributed by atoms with Crippen LogP contribution in [0.3, 0.4) is 0 Å². The molecule has 0 heterocycles. The van der Waals surface area contributed by atoms with E-state index in [4.69, 9.17) is 5.84 Å². The Morgan fingerprint density at radius 3 is 2.47 bits per heavy atom. The Morgan fingerprint density at radius 1 is 1.40 bits per heavy atom. The highest BCUT2D eigenvalue weighted by Gasteiger charge is 2.31. The van der Waals surface area contributed by atoms with E-state index >= 15 is 0 Å². The summed E-state index contributed by atoms with van der Waals surface area (Å²) < 4.78 is 37.1. The molecule has 82 valence electrons. The summed E-state index contributed by atoms with van der Waals surface area (Å²) in [7, 11) is 0. The lowest BCUT2D eigenvalue weighted by Crippen LogP contribution is -2.30. The number of halogens is 4. The summed E-state index contributed by atoms with van der Waals surface area (Å²) in [5.41, 5.74) is 0.706. The molecule has 15 heavy (non-hydrogen) atoms. The highest BCUT2D eigenvalue weighted by molar-refractivity contribution is 9.10. The van der Waals surface area contributed by atoms with Crippen LogP contribution in [-0.2, 0) is 6.18 Å². The van der Waals surface area contributed by atoms with Crippen LogP contribution in [0, 0.1) is 0 Å². The number of alkyl halides is 3. The third kappa shape index (κ3) is 2.69. The minimum Gasteiger partial charge on any atom is -0.290 e. The average molecular weight is 283 g/mol. The summed E-state index contributed by atoms with van der Waals surface area (Å²) in [5.74, 6) is 4.05. The summed E-state index contributed by atoms with van der Waals surface area (Å²) >= 11 is 2.95. The molecule has 0 aliphatic rings. The Bertz CT molecular complexity index is 392. The van der Waals surface area contributed by atoms with Gasteiger partial charge < -0.3 is 0 Å². The molecule has 1 aromatic rings. The molecule has 1 amide bonds. The number of hydrazine groups is 1. The molecule has 0 saturated carbocycles. The zero-order chi connectivity index (χ0) is 11.6. The maximum atomic E-state index is 12.3. The van der Waals surface area contributed by atoms with E-state index in [0.717, 1.165) is 18.2 Å². The highest BCUT2D eigenvalue weighted by Crippen LogP contribution is 2.31. The lowest BCUT2D eigenvalue weighted by atomic mass is 10.1. The van der Waals surface area contributed by atoms with Crippen LogP contribution < -0.4 is 11.3 Å². The Morgan fingerprint density at radius 2 is 2.00 bits per heavy atom. The lowest BCUT2D eigenvalue weighted by molar-refractivity contribution is -0.137. The van der Waals surface area contributed by atoms with Crippen LogP contribution in [0.4, 0.5) is 13.2 Å². The van der Waals surface area contributed by atoms with Gasteiger partial charge in [-0.05, 0) is 34.1 Å². The fraction of sp³-hybridized carbons (Fsp3) is 0.125. The van der Waals surface area contributed by atoms with Crippen LogP contribution in [0.5, 0.6) is 0 Å². The molecule has 0 aliphatic carbocycles. The van der Waals surface area contributed by atoms with Crippen LogP contribution in [0.25, 0.3) is 0 Å². The van der Waals surface area contributed by atoms with Crippen LogP contribution in [0.15, 0.2) is 22.7 Å². The van der Waals surface area contributed by atoms with E-state index in [2.05, 4.69) is 15.9 Å². The second kappa shape index (κ2) is 4.19. The molecular weight excluding hydrogens is 277 g/mol. The van der Waals surface area contributed by atoms with Gasteiger partial charge in [-0.2, -0.15) is 13.2 Å². The molecule has 7 heteroatoms. The minimum absolute atomic E-state index is 0.160. The Hall–Kier alpha value is -1.08. The van der Waals surface area contributed by atoms with E-state index in [1.165, 1.54) is 0 Å². The van der Waals surface area contributed by atoms with Crippen LogP contribution in [0.1, 0.15) is 15.9 Å². The topological polar surface area (TPSA) is 55.1 Å². The second-order valence-corrected chi connectivity index (χ2v) is 3.52. The van der Waals surface area contributed by atoms with Gasteiger partial charge in [0.15, 0.2) is 0 Å². The van der Waals surface area contributed by atoms with Gasteiger partial charge in [-0.25, -0.2) is 5.84 Å². The van der Waals surface area contributed by atoms with Crippen molar-refractivity contribution in [2.45, 2.75) is 6.18 Å². The van der Waals surface area contributed by atoms with Crippen molar-refractivity contribution in [3.05, 3.63) is 33.8 Å². The summed E-state index contributed by atoms with van der Waals surface area (Å²) in [5, 5.41) is 0. The van der Waals surface area contributed by atoms with Crippen molar-refractivity contribution in [2.75, 3.05) is 0 Å². The largest absolute Gasteiger partial charge is 0.416 e. The fourth-order valence-electron chi connectivity index (χ4n) is 0.953. The summed E-state index contributed by atoms with van der Waals surface area (Å²) in [6.07, 6.45) is -4.48. The molecule has 1 rings (SSSR count). The zero-order valence-corrected chi connectivity index (χ0v) is 8.82. The normalized spacial score (nSPS) is 11.3. The maximum absolute atomic E-state index is 12.3. The molecule has 3 nitrogen and oxygen atoms in total. The average Bonchev–Trinajstić information content (AvgIpc) is 2.15. The van der Waals surface area contributed by atoms with Gasteiger partial charge in [0.1, 0.15) is 0 Å². The first kappa shape index (κ1) is 12.0. The maximum Gasteiger partial charge on any atom is 0.416 e. The monoisotopic (exact) mass is 282 g/mol. The van der Waals surface area contributed by atoms with Gasteiger partial charge in [0.05, 0.1) is 11.1 Å². The van der Waals surface area contributed by atoms with E-state index in [1.54, 1.807) is 5.43 Å². The molecule has 0 saturated heterocycles. The second-order valence-electron chi connectivity index (χ2n) is 2.67. The van der Waals surface area contributed by atoms with Crippen molar-refractivity contribution in [3.8, 4) is 0 Å². The van der Waals surface area contributed by atoms with Crippen molar-refractivity contribution in [3.63, 3.8) is 0 Å². The van der Waals surface area contributed by atoms with E-state index in [1.807, 2.05) is 0 Å². The van der Waals surface area contributed by atoms with Crippen molar-refractivity contribution >= 4 is 21.8 Å². The van der Waals surface area contributed by atoms with Gasteiger partial charge in [0, 0.05) is 4.47 Å². The van der Waals surface area contributed by atoms with Gasteiger partial charge in [0.2, 0.25) is 0 Å². The predicted octanol–water partition coefficient (Wildman–Crippen LogP) is 2.07. The summed E-state index contributed by atoms with van der Waals surface area (Å²) in [4.78, 5) is 11.1. The smallest absolute Gasteiger partial charge is 0.290 e. The summed E-state index contributed by atoms with van der Waals surface area (Å²) in [6.45, 7) is 0. The zero-order valence-electron chi connectivity index (χ0n) is 7.23. The number of carbonyl (C=O) groups is 1. The van der Waals surface area contributed by atoms with Gasteiger partial charge in [0.25, 0.3) is 5.91 Å². The van der Waals surface area contributed by atoms with Crippen molar-refractivity contribution in [2.24, 2.45) is 5.84 Å². The Labute approximate surface area is 91.5 Å². The third-order valence-electron chi connectivity index (χ3n) is 1.67. The number of nitrogen functional groups attached to an aromatic ring is 1. The van der Waals surface area contributed by atoms with E-state index in [-0.39, 0.29) is 10.0 Å². The van der Waals surface area contributed by atoms with Crippen LogP contribution in [-0.4, -0.2) is 5.91 Å². The standard InChI is InChI=1S/C8H6BrF3N2O/c9-6-2-1-4(8(10,11)12)3-5(6)7(15)14-13/h1-3H,13H2,(H,14,15). The number of nitrogens with two attached hydrogens (primary N) is 1. The number of rotatable bonds is 1. The number of carbonyl (C=O) groups excluding carboxylic acids is 1. The van der Waals surface area contributed by atoms with Gasteiger partial charge >= 0.3 is 6.18 Å². The number of hydrogen-bond acceptors (Lipinski definition) is 2. The SMILES string of the molecule is NNC(=O)c1cc(C(F)(F)F)ccc1Br. The van der Waals surface area contributed by atoms with E-state index in [0.29, 0.717) is 0 Å². The molecular formula is C8H6BrF3N2O. The first-order valence-electron chi connectivity index (χ1n) is 3.74. The van der Waals surface area contributed by atoms with Gasteiger partial charge in [-0.3, -0.25) is 10.2 Å². The van der Waals surface area contributed by atoms with Crippen LogP contribution >= 0.6 is 15.9 Å². The molecule has 0 fully saturated rings. The molecule has 0 aliphatic heterocycles. The molecule has 0 radical (unpaired) electrons. The molecule has 3 N–H and O–H groups in total. The molecule has 0 spiro atoms. The lowest BCUT2D eigenvalue weighted by Gasteiger charge is -2.09. The molecule has 0 aromatic heterocycles. The fourth-order valence-corrected chi connectivity index (χ4v) is 1.38. The van der Waals surface area contributed by atoms with Gasteiger partial charge in [-0.15, -0.1) is 0 Å². The predicted molar refractivity (Wildman–Crippen MR) is 50.8 cm³/mol. The Balaban J connectivity index is 3.23. The molecule has 1 aromatic carbocycles. The van der Waals surface area contributed by atoms with Crippen molar-refractivity contribution < 1.29 is 18.0 Å². The third-order valence-corrected chi connectivity index (χ3v) is 2.36. The number of benzene rings is 1. The molecule has 0 unspecified atom stereocenters. The van der Waals surface area contributed by atoms with E-state index in [9.17, 15) is 18.0 Å². The van der Waals surface area contributed by atoms with Crippen molar-refractivity contribution in [1.29, 1.82) is 0 Å². The van der Waals surface area contributed by atoms with Gasteiger partial charge in [-0.1, -0.05) is 0 Å². The quantitative estimate of drug-likeness (QED) is 0.471. The first-order chi connectivity index (χ1) is 6.86. The number of hydrogen-bond donors (Lipinski definition) is 2. The number of nitrogens with one attached hydrogen (secondary N) is 1. The molecule has 0 bridgehead atoms. The number of amides is 1. The van der Waals surface area contributed by atoms with E-state index < -0.39 is 17.6 Å². The molecule has 0 atom stereocenters. The summed E-state index contributed by atoms with van der Waals surface area (Å²) in [6, 6.07) is 2.75. The van der Waals surface area contributed by atoms with Crippen molar-refractivity contribution in [1.82, 2.24) is 5.43 Å². The Kier molecular flexibility index (Phi) is 3.35. The first-order valence-corrected chi connectivity index (χ1v) is 4.53. The minimum atomic E-state index is -4.48. The van der Waals surface area contributed by atoms with Crippen LogP contribution in [0.2, 0.25) is 0 Å². The highest BCUT2D eigenvalue weighted by atomic mass is 79.9.